The monoisotopic (exact) mass is 446 g/mol. The van der Waals surface area contributed by atoms with E-state index in [9.17, 15) is 9.59 Å². The van der Waals surface area contributed by atoms with Crippen molar-refractivity contribution in [1.29, 1.82) is 0 Å². The van der Waals surface area contributed by atoms with Crippen LogP contribution < -0.4 is 10.6 Å². The molecule has 0 aliphatic heterocycles. The number of benzene rings is 2. The summed E-state index contributed by atoms with van der Waals surface area (Å²) in [6.07, 6.45) is 2.43. The molecule has 0 saturated carbocycles. The quantitative estimate of drug-likeness (QED) is 0.495. The van der Waals surface area contributed by atoms with Crippen molar-refractivity contribution in [2.45, 2.75) is 52.7 Å². The second-order valence-corrected chi connectivity index (χ2v) is 9.21. The maximum Gasteiger partial charge on any atom is 0.412 e. The highest BCUT2D eigenvalue weighted by atomic mass is 16.6. The van der Waals surface area contributed by atoms with Crippen molar-refractivity contribution in [2.24, 2.45) is 0 Å². The molecule has 33 heavy (non-hydrogen) atoms. The lowest BCUT2D eigenvalue weighted by Gasteiger charge is -2.19. The summed E-state index contributed by atoms with van der Waals surface area (Å²) in [5, 5.41) is 5.41. The molecular weight excluding hydrogens is 416 g/mol. The fraction of sp³-hybridized carbons (Fsp3) is 0.296. The average molecular weight is 447 g/mol. The van der Waals surface area contributed by atoms with Gasteiger partial charge in [0.15, 0.2) is 0 Å². The minimum atomic E-state index is -0.563. The molecule has 0 saturated heterocycles. The van der Waals surface area contributed by atoms with Gasteiger partial charge < -0.3 is 9.47 Å². The van der Waals surface area contributed by atoms with Crippen LogP contribution in [0.4, 0.5) is 21.0 Å². The van der Waals surface area contributed by atoms with Gasteiger partial charge in [0.05, 0.1) is 0 Å². The van der Waals surface area contributed by atoms with Crippen LogP contribution in [0, 0.1) is 0 Å². The largest absolute Gasteiger partial charge is 0.444 e. The van der Waals surface area contributed by atoms with Gasteiger partial charge in [0.1, 0.15) is 11.2 Å². The third-order valence-electron chi connectivity index (χ3n) is 3.69. The molecule has 2 N–H and O–H groups in total. The Morgan fingerprint density at radius 1 is 0.727 bits per heavy atom. The van der Waals surface area contributed by atoms with Gasteiger partial charge in [-0.1, -0.05) is 35.7 Å². The third-order valence-corrected chi connectivity index (χ3v) is 3.69. The Bertz CT molecular complexity index is 1050. The predicted molar refractivity (Wildman–Crippen MR) is 132 cm³/mol. The van der Waals surface area contributed by atoms with Crippen molar-refractivity contribution in [3.63, 3.8) is 0 Å². The SMILES string of the molecule is CC(C)(C)OC(=O)Nc1cccc(C=C=C=C=Cc2cccc(NC(=O)OC(C)(C)C)c2)c1. The molecule has 2 aromatic carbocycles. The van der Waals surface area contributed by atoms with Crippen LogP contribution in [0.2, 0.25) is 0 Å². The lowest BCUT2D eigenvalue weighted by molar-refractivity contribution is 0.0624. The average Bonchev–Trinajstić information content (AvgIpc) is 2.65. The molecule has 2 amide bonds. The van der Waals surface area contributed by atoms with Crippen LogP contribution in [0.15, 0.2) is 65.7 Å². The van der Waals surface area contributed by atoms with Crippen LogP contribution in [0.3, 0.4) is 0 Å². The van der Waals surface area contributed by atoms with Gasteiger partial charge >= 0.3 is 12.2 Å². The number of nitrogens with one attached hydrogen (secondary N) is 2. The first-order valence-corrected chi connectivity index (χ1v) is 10.5. The minimum Gasteiger partial charge on any atom is -0.444 e. The molecule has 0 spiro atoms. The van der Waals surface area contributed by atoms with Crippen molar-refractivity contribution in [1.82, 2.24) is 0 Å². The fourth-order valence-electron chi connectivity index (χ4n) is 2.54. The lowest BCUT2D eigenvalue weighted by Crippen LogP contribution is -2.27. The summed E-state index contributed by atoms with van der Waals surface area (Å²) >= 11 is 0. The molecule has 6 heteroatoms. The van der Waals surface area contributed by atoms with Gasteiger partial charge in [-0.15, -0.1) is 0 Å². The number of anilines is 2. The van der Waals surface area contributed by atoms with E-state index in [0.29, 0.717) is 11.4 Å². The molecule has 0 fully saturated rings. The van der Waals surface area contributed by atoms with Gasteiger partial charge in [-0.05, 0) is 94.8 Å². The Morgan fingerprint density at radius 2 is 1.12 bits per heavy atom. The van der Waals surface area contributed by atoms with Gasteiger partial charge in [-0.3, -0.25) is 10.6 Å². The van der Waals surface area contributed by atoms with E-state index < -0.39 is 23.4 Å². The van der Waals surface area contributed by atoms with Crippen molar-refractivity contribution < 1.29 is 19.1 Å². The highest BCUT2D eigenvalue weighted by molar-refractivity contribution is 5.86. The van der Waals surface area contributed by atoms with Gasteiger partial charge in [-0.25, -0.2) is 9.59 Å². The second-order valence-electron chi connectivity index (χ2n) is 9.21. The molecule has 6 nitrogen and oxygen atoms in total. The summed E-state index contributed by atoms with van der Waals surface area (Å²) in [5.74, 6) is 0. The van der Waals surface area contributed by atoms with E-state index in [1.165, 1.54) is 0 Å². The van der Waals surface area contributed by atoms with E-state index in [4.69, 9.17) is 9.47 Å². The van der Waals surface area contributed by atoms with Gasteiger partial charge in [0.2, 0.25) is 0 Å². The molecule has 172 valence electrons. The Labute approximate surface area is 195 Å². The van der Waals surface area contributed by atoms with Crippen LogP contribution in [0.5, 0.6) is 0 Å². The van der Waals surface area contributed by atoms with Crippen LogP contribution in [0.1, 0.15) is 52.7 Å². The molecule has 0 bridgehead atoms. The highest BCUT2D eigenvalue weighted by Gasteiger charge is 2.17. The predicted octanol–water partition coefficient (Wildman–Crippen LogP) is 7.02. The lowest BCUT2D eigenvalue weighted by atomic mass is 10.2. The summed E-state index contributed by atoms with van der Waals surface area (Å²) in [7, 11) is 0. The fourth-order valence-corrected chi connectivity index (χ4v) is 2.54. The summed E-state index contributed by atoms with van der Waals surface area (Å²) < 4.78 is 10.5. The van der Waals surface area contributed by atoms with Crippen molar-refractivity contribution >= 4 is 35.7 Å². The Hall–Kier alpha value is -3.94. The van der Waals surface area contributed by atoms with E-state index >= 15 is 0 Å². The molecule has 0 aliphatic rings. The molecule has 0 aromatic heterocycles. The number of ether oxygens (including phenoxy) is 2. The molecule has 2 rings (SSSR count). The van der Waals surface area contributed by atoms with Crippen molar-refractivity contribution in [3.05, 3.63) is 76.9 Å². The molecule has 0 atom stereocenters. The molecule has 0 aliphatic carbocycles. The first-order chi connectivity index (χ1) is 15.4. The second kappa shape index (κ2) is 11.1. The highest BCUT2D eigenvalue weighted by Crippen LogP contribution is 2.15. The Balaban J connectivity index is 2.06. The summed E-state index contributed by atoms with van der Waals surface area (Å²) in [6.45, 7) is 10.9. The first kappa shape index (κ1) is 25.3. The summed E-state index contributed by atoms with van der Waals surface area (Å²) in [4.78, 5) is 23.8. The Morgan fingerprint density at radius 3 is 1.48 bits per heavy atom. The van der Waals surface area contributed by atoms with Gasteiger partial charge in [0.25, 0.3) is 0 Å². The van der Waals surface area contributed by atoms with E-state index in [1.807, 2.05) is 65.8 Å². The zero-order valence-corrected chi connectivity index (χ0v) is 19.9. The number of amides is 2. The van der Waals surface area contributed by atoms with Crippen LogP contribution in [-0.2, 0) is 9.47 Å². The van der Waals surface area contributed by atoms with Crippen molar-refractivity contribution in [3.8, 4) is 0 Å². The van der Waals surface area contributed by atoms with Crippen molar-refractivity contribution in [2.75, 3.05) is 10.6 Å². The van der Waals surface area contributed by atoms with Crippen LogP contribution >= 0.6 is 0 Å². The smallest absolute Gasteiger partial charge is 0.412 e. The normalized spacial score (nSPS) is 10.6. The maximum atomic E-state index is 11.9. The number of rotatable bonds is 4. The minimum absolute atomic E-state index is 0.509. The zero-order chi connectivity index (χ0) is 24.5. The summed E-state index contributed by atoms with van der Waals surface area (Å²) in [5.41, 5.74) is 10.4. The number of carbonyl (C=O) groups is 2. The van der Waals surface area contributed by atoms with E-state index in [0.717, 1.165) is 11.1 Å². The first-order valence-electron chi connectivity index (χ1n) is 10.5. The topological polar surface area (TPSA) is 76.7 Å². The van der Waals surface area contributed by atoms with Gasteiger partial charge in [0, 0.05) is 11.4 Å². The summed E-state index contributed by atoms with van der Waals surface area (Å²) in [6, 6.07) is 14.6. The number of hydrogen-bond acceptors (Lipinski definition) is 4. The van der Waals surface area contributed by atoms with E-state index in [2.05, 4.69) is 27.8 Å². The van der Waals surface area contributed by atoms with Crippen LogP contribution in [-0.4, -0.2) is 23.4 Å². The Kier molecular flexibility index (Phi) is 8.50. The standard InChI is InChI=1S/C27H30N2O4/c1-26(2,3)32-24(30)28-22-16-10-14-20(18-22)12-8-7-9-13-21-15-11-17-23(19-21)29-25(31)33-27(4,5)6/h10-19H,1-6H3,(H,28,30)(H,29,31). The van der Waals surface area contributed by atoms with Gasteiger partial charge in [-0.2, -0.15) is 0 Å². The third kappa shape index (κ3) is 10.8. The maximum absolute atomic E-state index is 11.9. The molecule has 0 radical (unpaired) electrons. The number of carbonyl (C=O) groups excluding carboxylic acids is 2. The molecular formula is C27H30N2O4. The molecule has 2 aromatic rings. The molecule has 0 unspecified atom stereocenters. The zero-order valence-electron chi connectivity index (χ0n) is 19.9. The molecule has 0 heterocycles. The van der Waals surface area contributed by atoms with Crippen LogP contribution in [0.25, 0.3) is 12.2 Å². The van der Waals surface area contributed by atoms with E-state index in [1.54, 1.807) is 36.4 Å². The number of hydrogen-bond donors (Lipinski definition) is 2. The van der Waals surface area contributed by atoms with E-state index in [-0.39, 0.29) is 0 Å².